The van der Waals surface area contributed by atoms with E-state index in [2.05, 4.69) is 170 Å². The molecule has 10 rings (SSSR count). The Kier molecular flexibility index (Phi) is 7.81. The SMILES string of the molecule is C1=CC2C(c3ccc(-c4ccccc4-c4ccccc4)cc3)=CC=C(c3nc(-c4ccccc4)nc(-c4cccc5c4sc4ccccc45)n3)C2C=C1. The highest BCUT2D eigenvalue weighted by Gasteiger charge is 2.32. The van der Waals surface area contributed by atoms with Crippen LogP contribution in [0.25, 0.3) is 76.3 Å². The van der Waals surface area contributed by atoms with E-state index in [1.807, 2.05) is 18.2 Å². The van der Waals surface area contributed by atoms with E-state index < -0.39 is 0 Å². The monoisotopic (exact) mass is 695 g/mol. The largest absolute Gasteiger partial charge is 0.208 e. The molecule has 0 fully saturated rings. The highest BCUT2D eigenvalue weighted by Crippen LogP contribution is 2.45. The van der Waals surface area contributed by atoms with Gasteiger partial charge in [-0.1, -0.05) is 176 Å². The molecule has 2 atom stereocenters. The molecule has 0 saturated carbocycles. The summed E-state index contributed by atoms with van der Waals surface area (Å²) >= 11 is 1.80. The van der Waals surface area contributed by atoms with Crippen LogP contribution < -0.4 is 0 Å². The summed E-state index contributed by atoms with van der Waals surface area (Å²) in [4.78, 5) is 15.6. The van der Waals surface area contributed by atoms with Gasteiger partial charge in [0.25, 0.3) is 0 Å². The summed E-state index contributed by atoms with van der Waals surface area (Å²) in [5.41, 5.74) is 10.5. The van der Waals surface area contributed by atoms with Crippen molar-refractivity contribution in [1.82, 2.24) is 15.0 Å². The zero-order valence-electron chi connectivity index (χ0n) is 28.8. The van der Waals surface area contributed by atoms with Crippen LogP contribution in [0, 0.1) is 11.8 Å². The molecule has 0 aliphatic heterocycles. The zero-order chi connectivity index (χ0) is 35.1. The van der Waals surface area contributed by atoms with Crippen LogP contribution in [-0.2, 0) is 0 Å². The Morgan fingerprint density at radius 3 is 1.66 bits per heavy atom. The first-order valence-corrected chi connectivity index (χ1v) is 18.8. The van der Waals surface area contributed by atoms with Gasteiger partial charge in [-0.2, -0.15) is 0 Å². The topological polar surface area (TPSA) is 38.7 Å². The quantitative estimate of drug-likeness (QED) is 0.174. The van der Waals surface area contributed by atoms with Gasteiger partial charge in [0.2, 0.25) is 0 Å². The van der Waals surface area contributed by atoms with Crippen molar-refractivity contribution in [2.24, 2.45) is 11.8 Å². The Morgan fingerprint density at radius 2 is 0.906 bits per heavy atom. The number of nitrogens with zero attached hydrogens (tertiary/aromatic N) is 3. The van der Waals surface area contributed by atoms with Crippen LogP contribution in [0.1, 0.15) is 11.4 Å². The average molecular weight is 696 g/mol. The molecule has 0 bridgehead atoms. The van der Waals surface area contributed by atoms with Gasteiger partial charge in [0.1, 0.15) is 0 Å². The number of allylic oxidation sites excluding steroid dienone is 8. The number of aromatic nitrogens is 3. The van der Waals surface area contributed by atoms with Gasteiger partial charge in [-0.15, -0.1) is 11.3 Å². The molecule has 2 heterocycles. The third-order valence-electron chi connectivity index (χ3n) is 10.4. The maximum atomic E-state index is 5.27. The van der Waals surface area contributed by atoms with Gasteiger partial charge in [-0.25, -0.2) is 15.0 Å². The molecular weight excluding hydrogens is 663 g/mol. The van der Waals surface area contributed by atoms with Crippen molar-refractivity contribution in [3.8, 4) is 45.0 Å². The maximum Gasteiger partial charge on any atom is 0.165 e. The number of benzene rings is 6. The first kappa shape index (κ1) is 31.3. The third kappa shape index (κ3) is 5.65. The van der Waals surface area contributed by atoms with E-state index >= 15 is 0 Å². The van der Waals surface area contributed by atoms with Gasteiger partial charge in [0.05, 0.1) is 0 Å². The van der Waals surface area contributed by atoms with Crippen LogP contribution >= 0.6 is 11.3 Å². The molecule has 6 aromatic carbocycles. The molecule has 0 N–H and O–H groups in total. The molecule has 0 spiro atoms. The fraction of sp³-hybridized carbons (Fsp3) is 0.0408. The molecule has 53 heavy (non-hydrogen) atoms. The molecular formula is C49H33N3S. The number of thiophene rings is 1. The summed E-state index contributed by atoms with van der Waals surface area (Å²) < 4.78 is 2.45. The standard InChI is InChI=1S/C49H33N3S/c1-3-14-32(15-4-1)36-18-7-8-19-37(36)33-26-28-34(29-27-33)38-30-31-43(40-21-10-9-20-39(38)40)48-50-47(35-16-5-2-6-17-35)51-49(52-48)44-24-13-23-42-41-22-11-12-25-45(41)53-46(42)44/h1-31,39-40H. The van der Waals surface area contributed by atoms with E-state index in [9.17, 15) is 0 Å². The second-order valence-corrected chi connectivity index (χ2v) is 14.6. The normalized spacial score (nSPS) is 16.4. The Labute approximate surface area is 312 Å². The van der Waals surface area contributed by atoms with Gasteiger partial charge >= 0.3 is 0 Å². The number of hydrogen-bond donors (Lipinski definition) is 0. The average Bonchev–Trinajstić information content (AvgIpc) is 3.63. The van der Waals surface area contributed by atoms with Crippen LogP contribution in [-0.4, -0.2) is 15.0 Å². The van der Waals surface area contributed by atoms with E-state index in [-0.39, 0.29) is 11.8 Å². The van der Waals surface area contributed by atoms with Crippen molar-refractivity contribution >= 4 is 42.7 Å². The van der Waals surface area contributed by atoms with Crippen LogP contribution in [0.2, 0.25) is 0 Å². The van der Waals surface area contributed by atoms with Crippen molar-refractivity contribution < 1.29 is 0 Å². The molecule has 4 heteroatoms. The molecule has 2 unspecified atom stereocenters. The molecule has 2 aliphatic rings. The second kappa shape index (κ2) is 13.2. The van der Waals surface area contributed by atoms with Crippen molar-refractivity contribution in [3.63, 3.8) is 0 Å². The Bertz CT molecular complexity index is 2770. The molecule has 0 saturated heterocycles. The summed E-state index contributed by atoms with van der Waals surface area (Å²) in [6.45, 7) is 0. The molecule has 2 aromatic heterocycles. The van der Waals surface area contributed by atoms with E-state index in [1.54, 1.807) is 11.3 Å². The maximum absolute atomic E-state index is 5.27. The number of fused-ring (bicyclic) bond motifs is 4. The van der Waals surface area contributed by atoms with Gasteiger partial charge < -0.3 is 0 Å². The third-order valence-corrected chi connectivity index (χ3v) is 11.6. The van der Waals surface area contributed by atoms with Crippen molar-refractivity contribution in [1.29, 1.82) is 0 Å². The van der Waals surface area contributed by atoms with E-state index in [0.717, 1.165) is 16.7 Å². The van der Waals surface area contributed by atoms with Crippen LogP contribution in [0.4, 0.5) is 0 Å². The lowest BCUT2D eigenvalue weighted by atomic mass is 9.73. The lowest BCUT2D eigenvalue weighted by Gasteiger charge is -2.31. The zero-order valence-corrected chi connectivity index (χ0v) is 29.6. The van der Waals surface area contributed by atoms with E-state index in [4.69, 9.17) is 15.0 Å². The lowest BCUT2D eigenvalue weighted by molar-refractivity contribution is 0.688. The summed E-state index contributed by atoms with van der Waals surface area (Å²) in [5.74, 6) is 2.31. The predicted octanol–water partition coefficient (Wildman–Crippen LogP) is 12.7. The summed E-state index contributed by atoms with van der Waals surface area (Å²) in [6, 6.07) is 53.6. The second-order valence-electron chi connectivity index (χ2n) is 13.5. The number of rotatable bonds is 6. The van der Waals surface area contributed by atoms with Gasteiger partial charge in [-0.05, 0) is 45.5 Å². The van der Waals surface area contributed by atoms with Gasteiger partial charge in [0.15, 0.2) is 17.5 Å². The first-order valence-electron chi connectivity index (χ1n) is 18.0. The van der Waals surface area contributed by atoms with Crippen molar-refractivity contribution in [2.45, 2.75) is 0 Å². The van der Waals surface area contributed by atoms with Crippen LogP contribution in [0.15, 0.2) is 188 Å². The molecule has 8 aromatic rings. The van der Waals surface area contributed by atoms with E-state index in [1.165, 1.54) is 53.6 Å². The molecule has 2 aliphatic carbocycles. The predicted molar refractivity (Wildman–Crippen MR) is 222 cm³/mol. The summed E-state index contributed by atoms with van der Waals surface area (Å²) in [7, 11) is 0. The van der Waals surface area contributed by atoms with Crippen LogP contribution in [0.3, 0.4) is 0 Å². The fourth-order valence-corrected chi connectivity index (χ4v) is 9.04. The first-order chi connectivity index (χ1) is 26.3. The molecule has 3 nitrogen and oxygen atoms in total. The van der Waals surface area contributed by atoms with Gasteiger partial charge in [-0.3, -0.25) is 0 Å². The Morgan fingerprint density at radius 1 is 0.377 bits per heavy atom. The smallest absolute Gasteiger partial charge is 0.165 e. The highest BCUT2D eigenvalue weighted by molar-refractivity contribution is 7.26. The summed E-state index contributed by atoms with van der Waals surface area (Å²) in [6.07, 6.45) is 13.4. The van der Waals surface area contributed by atoms with Crippen molar-refractivity contribution in [2.75, 3.05) is 0 Å². The highest BCUT2D eigenvalue weighted by atomic mass is 32.1. The minimum Gasteiger partial charge on any atom is -0.208 e. The van der Waals surface area contributed by atoms with Crippen molar-refractivity contribution in [3.05, 3.63) is 200 Å². The minimum atomic E-state index is 0.0810. The molecule has 250 valence electrons. The Balaban J connectivity index is 1.08. The lowest BCUT2D eigenvalue weighted by Crippen LogP contribution is -2.20. The fourth-order valence-electron chi connectivity index (χ4n) is 7.83. The molecule has 0 amide bonds. The Hall–Kier alpha value is -6.49. The molecule has 0 radical (unpaired) electrons. The van der Waals surface area contributed by atoms with E-state index in [0.29, 0.717) is 17.5 Å². The minimum absolute atomic E-state index is 0.0810. The summed E-state index contributed by atoms with van der Waals surface area (Å²) in [5, 5.41) is 2.49. The van der Waals surface area contributed by atoms with Crippen LogP contribution in [0.5, 0.6) is 0 Å². The number of hydrogen-bond acceptors (Lipinski definition) is 4. The van der Waals surface area contributed by atoms with Gasteiger partial charge in [0, 0.05) is 48.7 Å².